The summed E-state index contributed by atoms with van der Waals surface area (Å²) in [5.41, 5.74) is 2.20. The van der Waals surface area contributed by atoms with Crippen molar-refractivity contribution in [3.8, 4) is 0 Å². The summed E-state index contributed by atoms with van der Waals surface area (Å²) in [7, 11) is 1.25. The van der Waals surface area contributed by atoms with E-state index in [-0.39, 0.29) is 12.6 Å². The van der Waals surface area contributed by atoms with Crippen LogP contribution in [0.5, 0.6) is 0 Å². The molecule has 0 saturated carbocycles. The van der Waals surface area contributed by atoms with Gasteiger partial charge >= 0.3 is 0 Å². The van der Waals surface area contributed by atoms with Crippen LogP contribution in [-0.4, -0.2) is 22.2 Å². The fourth-order valence-corrected chi connectivity index (χ4v) is 3.28. The summed E-state index contributed by atoms with van der Waals surface area (Å²) >= 11 is 0. The van der Waals surface area contributed by atoms with Crippen molar-refractivity contribution in [2.24, 2.45) is 0 Å². The van der Waals surface area contributed by atoms with Crippen molar-refractivity contribution in [1.82, 2.24) is 4.72 Å². The van der Waals surface area contributed by atoms with Crippen molar-refractivity contribution in [2.75, 3.05) is 0 Å². The number of sulfonamides is 1. The van der Waals surface area contributed by atoms with Crippen LogP contribution in [-0.2, 0) is 14.8 Å². The maximum Gasteiger partial charge on any atom is 0.264 e. The molecule has 0 aromatic heterocycles. The maximum absolute atomic E-state index is 12.0. The Labute approximate surface area is 118 Å². The number of carbonyl (C=O) groups excluding carboxylic acids is 1. The summed E-state index contributed by atoms with van der Waals surface area (Å²) in [5, 5.41) is 0. The van der Waals surface area contributed by atoms with Gasteiger partial charge in [-0.25, -0.2) is 13.1 Å². The number of aryl methyl sites for hydroxylation is 3. The molecule has 0 bridgehead atoms. The van der Waals surface area contributed by atoms with Gasteiger partial charge in [0.1, 0.15) is 0 Å². The van der Waals surface area contributed by atoms with E-state index in [4.69, 9.17) is 7.85 Å². The zero-order valence-corrected chi connectivity index (χ0v) is 12.9. The van der Waals surface area contributed by atoms with Gasteiger partial charge in [0.25, 0.3) is 10.0 Å². The van der Waals surface area contributed by atoms with Gasteiger partial charge in [-0.05, 0) is 38.2 Å². The van der Waals surface area contributed by atoms with Crippen molar-refractivity contribution >= 4 is 23.8 Å². The van der Waals surface area contributed by atoms with E-state index >= 15 is 0 Å². The molecular formula is C13H22BNO3S. The molecule has 0 spiro atoms. The molecule has 1 aromatic rings. The van der Waals surface area contributed by atoms with E-state index in [2.05, 4.69) is 0 Å². The topological polar surface area (TPSA) is 63.2 Å². The van der Waals surface area contributed by atoms with Gasteiger partial charge in [0, 0.05) is 1.43 Å². The van der Waals surface area contributed by atoms with E-state index in [1.54, 1.807) is 26.0 Å². The molecule has 1 amide bonds. The molecule has 106 valence electrons. The highest BCUT2D eigenvalue weighted by atomic mass is 32.2. The summed E-state index contributed by atoms with van der Waals surface area (Å²) in [5.74, 6) is -0.718. The average molecular weight is 283 g/mol. The first-order valence-corrected chi connectivity index (χ1v) is 7.60. The Morgan fingerprint density at radius 2 is 1.63 bits per heavy atom. The lowest BCUT2D eigenvalue weighted by molar-refractivity contribution is -0.117. The van der Waals surface area contributed by atoms with Crippen LogP contribution < -0.4 is 4.72 Å². The van der Waals surface area contributed by atoms with Gasteiger partial charge < -0.3 is 0 Å². The Morgan fingerprint density at radius 3 is 2.00 bits per heavy atom. The molecule has 1 N–H and O–H groups in total. The molecule has 4 nitrogen and oxygen atoms in total. The Bertz CT molecular complexity index is 536. The van der Waals surface area contributed by atoms with Crippen molar-refractivity contribution in [3.63, 3.8) is 0 Å². The second-order valence-electron chi connectivity index (χ2n) is 3.96. The van der Waals surface area contributed by atoms with E-state index in [0.29, 0.717) is 11.1 Å². The zero-order valence-electron chi connectivity index (χ0n) is 12.1. The molecule has 0 atom stereocenters. The Kier molecular flexibility index (Phi) is 6.83. The van der Waals surface area contributed by atoms with E-state index < -0.39 is 15.9 Å². The third kappa shape index (κ3) is 4.71. The fourth-order valence-electron chi connectivity index (χ4n) is 1.83. The number of benzene rings is 1. The van der Waals surface area contributed by atoms with Crippen LogP contribution in [0.1, 0.15) is 32.0 Å². The van der Waals surface area contributed by atoms with Crippen LogP contribution in [0.2, 0.25) is 6.32 Å². The molecular weight excluding hydrogens is 261 g/mol. The molecule has 6 heteroatoms. The Hall–Kier alpha value is -1.30. The minimum Gasteiger partial charge on any atom is -0.275 e. The lowest BCUT2D eigenvalue weighted by Crippen LogP contribution is -2.31. The van der Waals surface area contributed by atoms with Crippen LogP contribution >= 0.6 is 0 Å². The smallest absolute Gasteiger partial charge is 0.264 e. The van der Waals surface area contributed by atoms with Crippen LogP contribution in [0, 0.1) is 20.8 Å². The first-order chi connectivity index (χ1) is 8.77. The lowest BCUT2D eigenvalue weighted by atomic mass is 10.1. The van der Waals surface area contributed by atoms with Gasteiger partial charge in [0.2, 0.25) is 5.91 Å². The van der Waals surface area contributed by atoms with E-state index in [1.165, 1.54) is 0 Å². The fraction of sp³-hybridized carbons (Fsp3) is 0.462. The number of hydrogen-bond donors (Lipinski definition) is 1. The second kappa shape index (κ2) is 7.33. The SMILES string of the molecule is CC.[B]CC(=O)NS(=O)(=O)c1c(C)cc(C)cc1C.[HH]. The van der Waals surface area contributed by atoms with Gasteiger partial charge in [-0.2, -0.15) is 0 Å². The number of hydrogen-bond acceptors (Lipinski definition) is 3. The molecule has 19 heavy (non-hydrogen) atoms. The van der Waals surface area contributed by atoms with Crippen molar-refractivity contribution in [2.45, 2.75) is 45.8 Å². The molecule has 0 saturated heterocycles. The number of amides is 1. The van der Waals surface area contributed by atoms with Gasteiger partial charge in [-0.3, -0.25) is 4.79 Å². The van der Waals surface area contributed by atoms with Gasteiger partial charge in [-0.1, -0.05) is 31.5 Å². The lowest BCUT2D eigenvalue weighted by Gasteiger charge is -2.12. The standard InChI is InChI=1S/C11H14BNO3S.C2H6.H2/c1-7-4-8(2)11(9(3)5-7)17(15,16)13-10(14)6-12;1-2;/h4-5H,6H2,1-3H3,(H,13,14);1-2H3;1H. The largest absolute Gasteiger partial charge is 0.275 e. The van der Waals surface area contributed by atoms with Crippen molar-refractivity contribution in [3.05, 3.63) is 28.8 Å². The van der Waals surface area contributed by atoms with Gasteiger partial charge in [-0.15, -0.1) is 0 Å². The third-order valence-corrected chi connectivity index (χ3v) is 3.98. The highest BCUT2D eigenvalue weighted by Crippen LogP contribution is 2.21. The van der Waals surface area contributed by atoms with E-state index in [0.717, 1.165) is 5.56 Å². The highest BCUT2D eigenvalue weighted by Gasteiger charge is 2.21. The molecule has 0 aliphatic rings. The molecule has 1 aromatic carbocycles. The van der Waals surface area contributed by atoms with Crippen LogP contribution in [0.4, 0.5) is 0 Å². The molecule has 0 aliphatic carbocycles. The quantitative estimate of drug-likeness (QED) is 0.865. The van der Waals surface area contributed by atoms with E-state index in [9.17, 15) is 13.2 Å². The molecule has 0 fully saturated rings. The number of rotatable bonds is 3. The minimum absolute atomic E-state index is 0. The third-order valence-electron chi connectivity index (χ3n) is 2.31. The van der Waals surface area contributed by atoms with Crippen molar-refractivity contribution < 1.29 is 14.6 Å². The van der Waals surface area contributed by atoms with Crippen LogP contribution in [0.25, 0.3) is 0 Å². The normalized spacial score (nSPS) is 10.4. The molecule has 0 unspecified atom stereocenters. The van der Waals surface area contributed by atoms with Crippen LogP contribution in [0.15, 0.2) is 17.0 Å². The maximum atomic E-state index is 12.0. The van der Waals surface area contributed by atoms with Gasteiger partial charge in [0.05, 0.1) is 12.7 Å². The monoisotopic (exact) mass is 283 g/mol. The predicted octanol–water partition coefficient (Wildman–Crippen LogP) is 2.28. The molecule has 0 heterocycles. The average Bonchev–Trinajstić information content (AvgIpc) is 2.28. The summed E-state index contributed by atoms with van der Waals surface area (Å²) in [6, 6.07) is 3.52. The number of carbonyl (C=O) groups is 1. The molecule has 0 aliphatic heterocycles. The minimum atomic E-state index is -3.83. The number of nitrogens with one attached hydrogen (secondary N) is 1. The summed E-state index contributed by atoms with van der Waals surface area (Å²) in [4.78, 5) is 11.2. The Balaban J connectivity index is 0. The van der Waals surface area contributed by atoms with Crippen molar-refractivity contribution in [1.29, 1.82) is 0 Å². The second-order valence-corrected chi connectivity index (χ2v) is 5.58. The molecule has 2 radical (unpaired) electrons. The first-order valence-electron chi connectivity index (χ1n) is 6.11. The molecule has 1 rings (SSSR count). The van der Waals surface area contributed by atoms with Gasteiger partial charge in [0.15, 0.2) is 0 Å². The first kappa shape index (κ1) is 17.7. The highest BCUT2D eigenvalue weighted by molar-refractivity contribution is 7.90. The predicted molar refractivity (Wildman–Crippen MR) is 80.0 cm³/mol. The van der Waals surface area contributed by atoms with Crippen LogP contribution in [0.3, 0.4) is 0 Å². The zero-order chi connectivity index (χ0) is 15.2. The van der Waals surface area contributed by atoms with E-state index in [1.807, 2.05) is 25.5 Å². The summed E-state index contributed by atoms with van der Waals surface area (Å²) < 4.78 is 25.9. The summed E-state index contributed by atoms with van der Waals surface area (Å²) in [6.45, 7) is 9.28. The summed E-state index contributed by atoms with van der Waals surface area (Å²) in [6.07, 6.45) is -0.358. The Morgan fingerprint density at radius 1 is 1.21 bits per heavy atom.